The lowest BCUT2D eigenvalue weighted by atomic mass is 10.0. The van der Waals surface area contributed by atoms with Gasteiger partial charge in [0.25, 0.3) is 0 Å². The summed E-state index contributed by atoms with van der Waals surface area (Å²) in [5.74, 6) is 2.04. The van der Waals surface area contributed by atoms with Crippen LogP contribution in [-0.2, 0) is 0 Å². The van der Waals surface area contributed by atoms with Crippen molar-refractivity contribution in [1.29, 1.82) is 0 Å². The molecule has 1 unspecified atom stereocenters. The topological polar surface area (TPSA) is 29.5 Å². The number of para-hydroxylation sites is 1. The van der Waals surface area contributed by atoms with Crippen molar-refractivity contribution in [2.75, 3.05) is 0 Å². The molecule has 1 atom stereocenters. The van der Waals surface area contributed by atoms with Gasteiger partial charge in [-0.2, -0.15) is 0 Å². The van der Waals surface area contributed by atoms with Crippen LogP contribution in [0.1, 0.15) is 43.9 Å². The fourth-order valence-corrected chi connectivity index (χ4v) is 2.78. The highest BCUT2D eigenvalue weighted by Gasteiger charge is 2.10. The molecule has 2 rings (SSSR count). The van der Waals surface area contributed by atoms with E-state index >= 15 is 0 Å². The van der Waals surface area contributed by atoms with Gasteiger partial charge in [-0.25, -0.2) is 0 Å². The summed E-state index contributed by atoms with van der Waals surface area (Å²) in [5.41, 5.74) is 2.04. The van der Waals surface area contributed by atoms with Gasteiger partial charge in [0.2, 0.25) is 0 Å². The van der Waals surface area contributed by atoms with Crippen LogP contribution in [0.25, 0.3) is 0 Å². The van der Waals surface area contributed by atoms with Gasteiger partial charge in [-0.05, 0) is 42.2 Å². The number of aliphatic hydroxyl groups excluding tert-OH is 1. The average molecular weight is 335 g/mol. The van der Waals surface area contributed by atoms with Crippen molar-refractivity contribution >= 4 is 15.9 Å². The summed E-state index contributed by atoms with van der Waals surface area (Å²) in [6, 6.07) is 13.7. The van der Waals surface area contributed by atoms with E-state index < -0.39 is 6.10 Å². The Morgan fingerprint density at radius 3 is 2.30 bits per heavy atom. The second-order valence-corrected chi connectivity index (χ2v) is 6.01. The lowest BCUT2D eigenvalue weighted by Gasteiger charge is -2.15. The van der Waals surface area contributed by atoms with Crippen LogP contribution in [0, 0.1) is 0 Å². The number of halogens is 1. The smallest absolute Gasteiger partial charge is 0.130 e. The minimum absolute atomic E-state index is 0.409. The molecule has 0 aromatic heterocycles. The van der Waals surface area contributed by atoms with E-state index in [0.717, 1.165) is 21.5 Å². The van der Waals surface area contributed by atoms with Gasteiger partial charge in [0.15, 0.2) is 0 Å². The minimum atomic E-state index is -0.499. The molecule has 0 saturated heterocycles. The predicted molar refractivity (Wildman–Crippen MR) is 85.4 cm³/mol. The highest BCUT2D eigenvalue weighted by Crippen LogP contribution is 2.33. The van der Waals surface area contributed by atoms with Gasteiger partial charge in [0, 0.05) is 4.47 Å². The third-order valence-corrected chi connectivity index (χ3v) is 3.88. The molecular formula is C17H19BrO2. The lowest BCUT2D eigenvalue weighted by Crippen LogP contribution is -1.95. The molecule has 0 aliphatic carbocycles. The molecule has 0 radical (unpaired) electrons. The van der Waals surface area contributed by atoms with Crippen molar-refractivity contribution in [1.82, 2.24) is 0 Å². The molecule has 0 heterocycles. The number of aliphatic hydroxyl groups is 1. The maximum absolute atomic E-state index is 9.63. The largest absolute Gasteiger partial charge is 0.457 e. The van der Waals surface area contributed by atoms with E-state index in [-0.39, 0.29) is 0 Å². The minimum Gasteiger partial charge on any atom is -0.457 e. The van der Waals surface area contributed by atoms with Gasteiger partial charge < -0.3 is 9.84 Å². The molecule has 2 aromatic carbocycles. The van der Waals surface area contributed by atoms with Gasteiger partial charge in [-0.15, -0.1) is 0 Å². The van der Waals surface area contributed by atoms with Crippen LogP contribution in [0.15, 0.2) is 46.9 Å². The summed E-state index contributed by atoms with van der Waals surface area (Å²) in [7, 11) is 0. The molecule has 106 valence electrons. The summed E-state index contributed by atoms with van der Waals surface area (Å²) in [4.78, 5) is 0. The number of hydrogen-bond acceptors (Lipinski definition) is 2. The molecule has 0 bridgehead atoms. The van der Waals surface area contributed by atoms with Crippen LogP contribution < -0.4 is 4.74 Å². The maximum atomic E-state index is 9.63. The van der Waals surface area contributed by atoms with E-state index in [1.165, 1.54) is 5.56 Å². The van der Waals surface area contributed by atoms with Crippen LogP contribution >= 0.6 is 15.9 Å². The SMILES string of the molecule is CC(C)c1ccccc1Oc1ccc(C(C)O)c(Br)c1. The monoisotopic (exact) mass is 334 g/mol. The molecule has 0 fully saturated rings. The zero-order valence-electron chi connectivity index (χ0n) is 11.9. The van der Waals surface area contributed by atoms with Gasteiger partial charge in [-0.1, -0.05) is 54.0 Å². The van der Waals surface area contributed by atoms with Crippen molar-refractivity contribution < 1.29 is 9.84 Å². The first-order valence-corrected chi connectivity index (χ1v) is 7.52. The van der Waals surface area contributed by atoms with Crippen molar-refractivity contribution in [2.24, 2.45) is 0 Å². The van der Waals surface area contributed by atoms with Gasteiger partial charge in [-0.3, -0.25) is 0 Å². The van der Waals surface area contributed by atoms with Crippen LogP contribution in [0.3, 0.4) is 0 Å². The maximum Gasteiger partial charge on any atom is 0.130 e. The first-order valence-electron chi connectivity index (χ1n) is 6.73. The molecule has 1 N–H and O–H groups in total. The third kappa shape index (κ3) is 3.41. The van der Waals surface area contributed by atoms with E-state index in [2.05, 4.69) is 35.8 Å². The highest BCUT2D eigenvalue weighted by molar-refractivity contribution is 9.10. The quantitative estimate of drug-likeness (QED) is 0.809. The van der Waals surface area contributed by atoms with Crippen molar-refractivity contribution in [3.8, 4) is 11.5 Å². The van der Waals surface area contributed by atoms with E-state index in [4.69, 9.17) is 4.74 Å². The number of benzene rings is 2. The standard InChI is InChI=1S/C17H19BrO2/c1-11(2)14-6-4-5-7-17(14)20-13-8-9-15(12(3)19)16(18)10-13/h4-12,19H,1-3H3. The Bertz CT molecular complexity index is 591. The second-order valence-electron chi connectivity index (χ2n) is 5.15. The predicted octanol–water partition coefficient (Wildman–Crippen LogP) is 5.42. The molecule has 0 amide bonds. The molecule has 0 aliphatic rings. The van der Waals surface area contributed by atoms with Crippen molar-refractivity contribution in [3.63, 3.8) is 0 Å². The van der Waals surface area contributed by atoms with E-state index in [9.17, 15) is 5.11 Å². The molecule has 0 saturated carbocycles. The number of ether oxygens (including phenoxy) is 1. The summed E-state index contributed by atoms with van der Waals surface area (Å²) >= 11 is 3.47. The number of rotatable bonds is 4. The van der Waals surface area contributed by atoms with Gasteiger partial charge in [0.1, 0.15) is 11.5 Å². The zero-order chi connectivity index (χ0) is 14.7. The molecule has 20 heavy (non-hydrogen) atoms. The Hall–Kier alpha value is -1.32. The van der Waals surface area contributed by atoms with Gasteiger partial charge >= 0.3 is 0 Å². The molecule has 0 aliphatic heterocycles. The Labute approximate surface area is 128 Å². The van der Waals surface area contributed by atoms with E-state index in [1.54, 1.807) is 6.92 Å². The summed E-state index contributed by atoms with van der Waals surface area (Å²) in [6.45, 7) is 6.04. The number of hydrogen-bond donors (Lipinski definition) is 1. The lowest BCUT2D eigenvalue weighted by molar-refractivity contribution is 0.198. The Morgan fingerprint density at radius 1 is 1.00 bits per heavy atom. The average Bonchev–Trinajstić information content (AvgIpc) is 2.38. The molecule has 0 spiro atoms. The third-order valence-electron chi connectivity index (χ3n) is 3.19. The van der Waals surface area contributed by atoms with E-state index in [0.29, 0.717) is 5.92 Å². The fraction of sp³-hybridized carbons (Fsp3) is 0.294. The second kappa shape index (κ2) is 6.42. The molecule has 2 aromatic rings. The zero-order valence-corrected chi connectivity index (χ0v) is 13.5. The van der Waals surface area contributed by atoms with Crippen LogP contribution in [0.5, 0.6) is 11.5 Å². The van der Waals surface area contributed by atoms with Crippen LogP contribution in [0.2, 0.25) is 0 Å². The normalized spacial score (nSPS) is 12.5. The molecular weight excluding hydrogens is 316 g/mol. The van der Waals surface area contributed by atoms with Crippen molar-refractivity contribution in [3.05, 3.63) is 58.1 Å². The van der Waals surface area contributed by atoms with Crippen molar-refractivity contribution in [2.45, 2.75) is 32.8 Å². The Kier molecular flexibility index (Phi) is 4.84. The summed E-state index contributed by atoms with van der Waals surface area (Å²) in [5, 5.41) is 9.63. The molecule has 2 nitrogen and oxygen atoms in total. The van der Waals surface area contributed by atoms with Crippen LogP contribution in [0.4, 0.5) is 0 Å². The summed E-state index contributed by atoms with van der Waals surface area (Å²) < 4.78 is 6.83. The Balaban J connectivity index is 2.29. The first kappa shape index (κ1) is 15.1. The van der Waals surface area contributed by atoms with E-state index in [1.807, 2.05) is 36.4 Å². The fourth-order valence-electron chi connectivity index (χ4n) is 2.09. The van der Waals surface area contributed by atoms with Crippen LogP contribution in [-0.4, -0.2) is 5.11 Å². The Morgan fingerprint density at radius 2 is 1.70 bits per heavy atom. The summed E-state index contributed by atoms with van der Waals surface area (Å²) in [6.07, 6.45) is -0.499. The van der Waals surface area contributed by atoms with Gasteiger partial charge in [0.05, 0.1) is 6.10 Å². The first-order chi connectivity index (χ1) is 9.49. The highest BCUT2D eigenvalue weighted by atomic mass is 79.9. The molecule has 3 heteroatoms.